The van der Waals surface area contributed by atoms with Crippen LogP contribution in [-0.2, 0) is 25.2 Å². The molecule has 60 heavy (non-hydrogen) atoms. The van der Waals surface area contributed by atoms with E-state index in [0.717, 1.165) is 110 Å². The molecule has 7 nitrogen and oxygen atoms in total. The number of alkyl halides is 1. The molecule has 0 spiro atoms. The lowest BCUT2D eigenvalue weighted by atomic mass is 9.38. The summed E-state index contributed by atoms with van der Waals surface area (Å²) in [4.78, 5) is 34.7. The van der Waals surface area contributed by atoms with Crippen LogP contribution in [0.25, 0.3) is 0 Å². The Kier molecular flexibility index (Phi) is 9.12. The van der Waals surface area contributed by atoms with Gasteiger partial charge in [0.25, 0.3) is 0 Å². The minimum atomic E-state index is -0.469. The molecular weight excluding hydrogens is 748 g/mol. The molecule has 7 unspecified atom stereocenters. The van der Waals surface area contributed by atoms with E-state index in [0.29, 0.717) is 48.0 Å². The van der Waals surface area contributed by atoms with Crippen LogP contribution < -0.4 is 10.6 Å². The van der Waals surface area contributed by atoms with E-state index in [2.05, 4.69) is 81.1 Å². The standard InChI is InChI=1S/C52H69FN4O3/c53-34-47-19-36-21-49(28-47,40-7-3-1-4-8-40)32-51(23-36,29-47)46(59)55-44-27-57-17-13-42(44)39(25-57)14-18-60-35-48-20-37-22-50(30-48,41-9-5-2-6-10-41)33-52(24-37,31-48)45(58)54-43-26-56-15-11-38(43)12-16-56/h1-10,36-39,42-44H,11-35H2,(H,54,58)(H,55,59)/t36?,37?,39?,42?,43-,44-,47-,48-,49+,50+,51?,52?/m0/s1. The zero-order chi connectivity index (χ0) is 40.4. The molecule has 2 aromatic rings. The summed E-state index contributed by atoms with van der Waals surface area (Å²) in [6.07, 6.45) is 16.5. The Bertz CT molecular complexity index is 1980. The summed E-state index contributed by atoms with van der Waals surface area (Å²) in [5.41, 5.74) is 1.58. The summed E-state index contributed by atoms with van der Waals surface area (Å²) in [5, 5.41) is 7.43. The van der Waals surface area contributed by atoms with Crippen molar-refractivity contribution >= 4 is 11.8 Å². The fourth-order valence-corrected chi connectivity index (χ4v) is 18.3. The van der Waals surface area contributed by atoms with Gasteiger partial charge in [0.15, 0.2) is 0 Å². The number of nitrogens with one attached hydrogen (secondary N) is 2. The minimum absolute atomic E-state index is 0.0270. The van der Waals surface area contributed by atoms with E-state index in [1.54, 1.807) is 0 Å². The first-order valence-corrected chi connectivity index (χ1v) is 24.4. The average Bonchev–Trinajstić information content (AvgIpc) is 3.26. The number of ether oxygens (including phenoxy) is 1. The van der Waals surface area contributed by atoms with Gasteiger partial charge in [0, 0.05) is 43.7 Å². The molecule has 322 valence electrons. The van der Waals surface area contributed by atoms with Crippen LogP contribution in [0.1, 0.15) is 114 Å². The van der Waals surface area contributed by atoms with Gasteiger partial charge in [0.05, 0.1) is 24.1 Å². The van der Waals surface area contributed by atoms with Gasteiger partial charge in [0.2, 0.25) is 11.8 Å². The first-order valence-electron chi connectivity index (χ1n) is 24.4. The van der Waals surface area contributed by atoms with Crippen molar-refractivity contribution in [3.05, 3.63) is 71.8 Å². The van der Waals surface area contributed by atoms with Crippen molar-refractivity contribution in [3.63, 3.8) is 0 Å². The molecule has 8 heteroatoms. The van der Waals surface area contributed by atoms with Crippen LogP contribution in [0.15, 0.2) is 60.7 Å². The Morgan fingerprint density at radius 2 is 1.20 bits per heavy atom. The summed E-state index contributed by atoms with van der Waals surface area (Å²) < 4.78 is 22.0. The summed E-state index contributed by atoms with van der Waals surface area (Å²) in [5.74, 6) is 3.12. The summed E-state index contributed by atoms with van der Waals surface area (Å²) >= 11 is 0. The fourth-order valence-electron chi connectivity index (χ4n) is 18.3. The van der Waals surface area contributed by atoms with Crippen LogP contribution in [0.4, 0.5) is 4.39 Å². The van der Waals surface area contributed by atoms with Crippen molar-refractivity contribution in [2.24, 2.45) is 51.2 Å². The van der Waals surface area contributed by atoms with Crippen molar-refractivity contribution in [2.45, 2.75) is 126 Å². The van der Waals surface area contributed by atoms with Gasteiger partial charge in [-0.05, 0) is 179 Å². The lowest BCUT2D eigenvalue weighted by Crippen LogP contribution is -2.66. The minimum Gasteiger partial charge on any atom is -0.381 e. The Morgan fingerprint density at radius 1 is 0.633 bits per heavy atom. The van der Waals surface area contributed by atoms with Crippen LogP contribution in [0.2, 0.25) is 0 Å². The Balaban J connectivity index is 0.727. The second-order valence-electron chi connectivity index (χ2n) is 23.6. The number of piperidine rings is 6. The van der Waals surface area contributed by atoms with Gasteiger partial charge in [-0.2, -0.15) is 0 Å². The largest absolute Gasteiger partial charge is 0.381 e. The highest BCUT2D eigenvalue weighted by atomic mass is 19.1. The van der Waals surface area contributed by atoms with Crippen molar-refractivity contribution < 1.29 is 18.7 Å². The molecule has 16 rings (SSSR count). The van der Waals surface area contributed by atoms with Crippen LogP contribution in [0.3, 0.4) is 0 Å². The zero-order valence-electron chi connectivity index (χ0n) is 36.0. The highest BCUT2D eigenvalue weighted by Crippen LogP contribution is 2.72. The molecule has 8 aliphatic carbocycles. The van der Waals surface area contributed by atoms with Crippen LogP contribution in [0, 0.1) is 51.2 Å². The lowest BCUT2D eigenvalue weighted by molar-refractivity contribution is -0.174. The molecule has 0 aromatic heterocycles. The van der Waals surface area contributed by atoms with E-state index in [-0.39, 0.29) is 45.7 Å². The molecule has 13 atom stereocenters. The van der Waals surface area contributed by atoms with Crippen molar-refractivity contribution in [2.75, 3.05) is 59.2 Å². The topological polar surface area (TPSA) is 73.9 Å². The number of halogens is 1. The van der Waals surface area contributed by atoms with Crippen molar-refractivity contribution in [3.8, 4) is 0 Å². The smallest absolute Gasteiger partial charge is 0.226 e. The van der Waals surface area contributed by atoms with Gasteiger partial charge < -0.3 is 25.2 Å². The van der Waals surface area contributed by atoms with Gasteiger partial charge in [-0.15, -0.1) is 0 Å². The van der Waals surface area contributed by atoms with Crippen molar-refractivity contribution in [1.82, 2.24) is 20.4 Å². The highest BCUT2D eigenvalue weighted by molar-refractivity contribution is 5.85. The third kappa shape index (κ3) is 6.24. The maximum Gasteiger partial charge on any atom is 0.226 e. The van der Waals surface area contributed by atoms with Crippen LogP contribution >= 0.6 is 0 Å². The molecule has 2 N–H and O–H groups in total. The lowest BCUT2D eigenvalue weighted by Gasteiger charge is -2.66. The maximum atomic E-state index is 15.1. The van der Waals surface area contributed by atoms with E-state index < -0.39 is 5.41 Å². The van der Waals surface area contributed by atoms with Crippen LogP contribution in [-0.4, -0.2) is 92.9 Å². The molecular formula is C52H69FN4O3. The molecule has 12 bridgehead atoms. The summed E-state index contributed by atoms with van der Waals surface area (Å²) in [6, 6.07) is 22.5. The number of hydrogen-bond acceptors (Lipinski definition) is 5. The van der Waals surface area contributed by atoms with E-state index in [9.17, 15) is 9.59 Å². The molecule has 0 radical (unpaired) electrons. The quantitative estimate of drug-likeness (QED) is 0.214. The summed E-state index contributed by atoms with van der Waals surface area (Å²) in [7, 11) is 0. The first-order chi connectivity index (χ1) is 29.1. The van der Waals surface area contributed by atoms with E-state index >= 15 is 4.39 Å². The Morgan fingerprint density at radius 3 is 1.80 bits per heavy atom. The Labute approximate surface area is 357 Å². The molecule has 2 aromatic carbocycles. The molecule has 6 aliphatic heterocycles. The molecule has 6 saturated heterocycles. The Hall–Kier alpha value is -2.81. The second-order valence-corrected chi connectivity index (χ2v) is 23.6. The number of carbonyl (C=O) groups excluding carboxylic acids is 2. The predicted octanol–water partition coefficient (Wildman–Crippen LogP) is 7.83. The number of benzene rings is 2. The molecule has 2 amide bonds. The number of hydrogen-bond donors (Lipinski definition) is 2. The third-order valence-electron chi connectivity index (χ3n) is 19.6. The van der Waals surface area contributed by atoms with Crippen molar-refractivity contribution in [1.29, 1.82) is 0 Å². The highest BCUT2D eigenvalue weighted by Gasteiger charge is 2.68. The van der Waals surface area contributed by atoms with Gasteiger partial charge in [-0.1, -0.05) is 60.7 Å². The van der Waals surface area contributed by atoms with Crippen LogP contribution in [0.5, 0.6) is 0 Å². The van der Waals surface area contributed by atoms with Gasteiger partial charge >= 0.3 is 0 Å². The monoisotopic (exact) mass is 817 g/mol. The fraction of sp³-hybridized carbons (Fsp3) is 0.731. The van der Waals surface area contributed by atoms with E-state index in [1.807, 2.05) is 0 Å². The third-order valence-corrected chi connectivity index (χ3v) is 19.6. The number of nitrogens with zero attached hydrogens (tertiary/aromatic N) is 2. The number of fused-ring (bicyclic) bond motifs is 6. The number of carbonyl (C=O) groups is 2. The van der Waals surface area contributed by atoms with E-state index in [4.69, 9.17) is 4.74 Å². The summed E-state index contributed by atoms with van der Waals surface area (Å²) in [6.45, 7) is 7.71. The second kappa shape index (κ2) is 14.1. The first kappa shape index (κ1) is 38.8. The predicted molar refractivity (Wildman–Crippen MR) is 231 cm³/mol. The van der Waals surface area contributed by atoms with Gasteiger partial charge in [-0.25, -0.2) is 0 Å². The number of rotatable bonds is 12. The molecule has 6 heterocycles. The zero-order valence-corrected chi connectivity index (χ0v) is 36.0. The van der Waals surface area contributed by atoms with Gasteiger partial charge in [-0.3, -0.25) is 14.0 Å². The normalized spacial score (nSPS) is 47.7. The SMILES string of the molecule is O=C(N[C@H]1CN2CCC1CC2)C12CC3C[C@@](COCCC4CN5CCC4[C@@H](NC(=O)C46CC7C[C@@](CF)(C4)C[C@](c4ccccc4)(C7)C6)C5)(C1)C[C@](c1ccccc1)(C3)C2. The number of amides is 2. The molecule has 8 saturated carbocycles. The van der Waals surface area contributed by atoms with E-state index in [1.165, 1.54) is 49.9 Å². The average molecular weight is 817 g/mol. The van der Waals surface area contributed by atoms with Gasteiger partial charge in [0.1, 0.15) is 0 Å². The molecule has 14 aliphatic rings. The maximum absolute atomic E-state index is 15.1. The molecule has 14 fully saturated rings.